The predicted molar refractivity (Wildman–Crippen MR) is 145 cm³/mol. The second-order valence-corrected chi connectivity index (χ2v) is 8.95. The van der Waals surface area contributed by atoms with Gasteiger partial charge in [0.1, 0.15) is 12.4 Å². The van der Waals surface area contributed by atoms with Crippen LogP contribution in [0.15, 0.2) is 60.7 Å². The molecule has 1 heterocycles. The molecule has 0 aliphatic carbocycles. The van der Waals surface area contributed by atoms with E-state index in [-0.39, 0.29) is 18.9 Å². The number of aromatic nitrogens is 1. The van der Waals surface area contributed by atoms with Gasteiger partial charge in [0.2, 0.25) is 18.6 Å². The van der Waals surface area contributed by atoms with Crippen molar-refractivity contribution in [3.05, 3.63) is 77.4 Å². The van der Waals surface area contributed by atoms with E-state index < -0.39 is 18.9 Å². The summed E-state index contributed by atoms with van der Waals surface area (Å²) in [5.74, 6) is 0.134. The fraction of sp³-hybridized carbons (Fsp3) is 0.333. The molecule has 0 atom stereocenters. The van der Waals surface area contributed by atoms with Crippen LogP contribution in [0.4, 0.5) is 4.79 Å². The van der Waals surface area contributed by atoms with Crippen LogP contribution in [0.25, 0.3) is 11.1 Å². The van der Waals surface area contributed by atoms with Crippen molar-refractivity contribution in [3.8, 4) is 22.9 Å². The van der Waals surface area contributed by atoms with Crippen LogP contribution >= 0.6 is 0 Å². The fourth-order valence-corrected chi connectivity index (χ4v) is 3.97. The first-order chi connectivity index (χ1) is 18.8. The molecule has 1 amide bonds. The Balaban J connectivity index is 1.71. The highest BCUT2D eigenvalue weighted by molar-refractivity contribution is 5.75. The second kappa shape index (κ2) is 14.5. The van der Waals surface area contributed by atoms with Gasteiger partial charge in [-0.2, -0.15) is 4.98 Å². The van der Waals surface area contributed by atoms with Gasteiger partial charge in [-0.25, -0.2) is 4.79 Å². The van der Waals surface area contributed by atoms with Crippen LogP contribution in [0.1, 0.15) is 43.4 Å². The molecule has 0 saturated carbocycles. The Morgan fingerprint density at radius 3 is 2.36 bits per heavy atom. The molecule has 39 heavy (non-hydrogen) atoms. The molecule has 0 saturated heterocycles. The molecule has 9 nitrogen and oxygen atoms in total. The van der Waals surface area contributed by atoms with E-state index in [9.17, 15) is 14.4 Å². The van der Waals surface area contributed by atoms with Crippen LogP contribution < -0.4 is 9.47 Å². The lowest BCUT2D eigenvalue weighted by molar-refractivity contribution is -0.149. The van der Waals surface area contributed by atoms with Crippen molar-refractivity contribution in [2.45, 2.75) is 46.8 Å². The van der Waals surface area contributed by atoms with Crippen LogP contribution in [0.2, 0.25) is 0 Å². The second-order valence-electron chi connectivity index (χ2n) is 8.95. The molecule has 0 N–H and O–H groups in total. The van der Waals surface area contributed by atoms with Gasteiger partial charge in [-0.05, 0) is 48.6 Å². The van der Waals surface area contributed by atoms with Crippen LogP contribution in [-0.2, 0) is 32.2 Å². The minimum atomic E-state index is -0.684. The number of pyridine rings is 1. The molecule has 9 heteroatoms. The van der Waals surface area contributed by atoms with Crippen molar-refractivity contribution in [1.29, 1.82) is 0 Å². The number of Topliss-reactive ketones (excluding diaryl/α,β-unsaturated/α-hetero) is 1. The highest BCUT2D eigenvalue weighted by Crippen LogP contribution is 2.27. The van der Waals surface area contributed by atoms with Crippen molar-refractivity contribution < 1.29 is 33.3 Å². The SMILES string of the molecule is COc1nc(OCc2cccc(-c3ccccc3)c2C)ccc1CN(CCCC(C)=O)C(=O)OCOC(C)=O. The van der Waals surface area contributed by atoms with E-state index in [4.69, 9.17) is 18.9 Å². The Kier molecular flexibility index (Phi) is 10.9. The van der Waals surface area contributed by atoms with Crippen LogP contribution in [0.5, 0.6) is 11.8 Å². The number of rotatable bonds is 13. The number of benzene rings is 2. The molecule has 2 aromatic carbocycles. The first-order valence-corrected chi connectivity index (χ1v) is 12.6. The number of hydrogen-bond donors (Lipinski definition) is 0. The lowest BCUT2D eigenvalue weighted by Crippen LogP contribution is -2.33. The maximum Gasteiger partial charge on any atom is 0.412 e. The number of nitrogens with zero attached hydrogens (tertiary/aromatic N) is 2. The zero-order chi connectivity index (χ0) is 28.2. The molecule has 3 aromatic rings. The first-order valence-electron chi connectivity index (χ1n) is 12.6. The summed E-state index contributed by atoms with van der Waals surface area (Å²) in [5, 5.41) is 0. The maximum atomic E-state index is 12.6. The van der Waals surface area contributed by atoms with Crippen LogP contribution in [0.3, 0.4) is 0 Å². The van der Waals surface area contributed by atoms with Crippen molar-refractivity contribution in [1.82, 2.24) is 9.88 Å². The standard InChI is InChI=1S/C30H34N2O7/c1-21(33)10-9-17-32(30(35)39-20-38-23(3)34)18-25-15-16-28(31-29(25)36-4)37-19-26-13-8-14-27(22(26)2)24-11-6-5-7-12-24/h5-8,11-16H,9-10,17-20H2,1-4H3. The van der Waals surface area contributed by atoms with E-state index >= 15 is 0 Å². The number of amides is 1. The Morgan fingerprint density at radius 2 is 1.67 bits per heavy atom. The van der Waals surface area contributed by atoms with Gasteiger partial charge in [0.25, 0.3) is 0 Å². The topological polar surface area (TPSA) is 104 Å². The molecule has 1 aromatic heterocycles. The average molecular weight is 535 g/mol. The molecule has 206 valence electrons. The summed E-state index contributed by atoms with van der Waals surface area (Å²) in [6, 6.07) is 19.8. The smallest absolute Gasteiger partial charge is 0.412 e. The molecule has 0 radical (unpaired) electrons. The first kappa shape index (κ1) is 29.2. The minimum Gasteiger partial charge on any atom is -0.481 e. The lowest BCUT2D eigenvalue weighted by atomic mass is 9.97. The third-order valence-electron chi connectivity index (χ3n) is 6.03. The highest BCUT2D eigenvalue weighted by atomic mass is 16.7. The normalized spacial score (nSPS) is 10.5. The van der Waals surface area contributed by atoms with Gasteiger partial charge < -0.3 is 28.6 Å². The molecule has 0 fully saturated rings. The summed E-state index contributed by atoms with van der Waals surface area (Å²) < 4.78 is 21.2. The number of methoxy groups -OCH3 is 1. The van der Waals surface area contributed by atoms with Gasteiger partial charge in [0.15, 0.2) is 0 Å². The van der Waals surface area contributed by atoms with Crippen LogP contribution in [-0.4, -0.2) is 48.2 Å². The summed E-state index contributed by atoms with van der Waals surface area (Å²) in [7, 11) is 1.49. The molecule has 3 rings (SSSR count). The van der Waals surface area contributed by atoms with E-state index in [1.165, 1.54) is 25.9 Å². The van der Waals surface area contributed by atoms with Gasteiger partial charge in [0, 0.05) is 31.5 Å². The number of esters is 1. The largest absolute Gasteiger partial charge is 0.481 e. The Bertz CT molecular complexity index is 1280. The fourth-order valence-electron chi connectivity index (χ4n) is 3.97. The molecule has 0 aliphatic rings. The van der Waals surface area contributed by atoms with Gasteiger partial charge in [0.05, 0.1) is 13.7 Å². The zero-order valence-corrected chi connectivity index (χ0v) is 22.8. The summed E-state index contributed by atoms with van der Waals surface area (Å²) in [6.07, 6.45) is 0.0906. The van der Waals surface area contributed by atoms with Crippen LogP contribution in [0, 0.1) is 6.92 Å². The van der Waals surface area contributed by atoms with E-state index in [2.05, 4.69) is 30.1 Å². The summed E-state index contributed by atoms with van der Waals surface area (Å²) in [6.45, 7) is 4.99. The Hall–Kier alpha value is -4.40. The number of ketones is 1. The Labute approximate surface area is 228 Å². The quantitative estimate of drug-likeness (QED) is 0.210. The summed E-state index contributed by atoms with van der Waals surface area (Å²) >= 11 is 0. The number of carbonyl (C=O) groups is 3. The molecule has 0 spiro atoms. The summed E-state index contributed by atoms with van der Waals surface area (Å²) in [4.78, 5) is 40.9. The van der Waals surface area contributed by atoms with Gasteiger partial charge in [-0.3, -0.25) is 4.79 Å². The van der Waals surface area contributed by atoms with E-state index in [1.54, 1.807) is 12.1 Å². The van der Waals surface area contributed by atoms with E-state index in [1.807, 2.05) is 30.3 Å². The molecule has 0 bridgehead atoms. The number of hydrogen-bond acceptors (Lipinski definition) is 8. The zero-order valence-electron chi connectivity index (χ0n) is 22.8. The Morgan fingerprint density at radius 1 is 0.897 bits per heavy atom. The third-order valence-corrected chi connectivity index (χ3v) is 6.03. The van der Waals surface area contributed by atoms with E-state index in [0.29, 0.717) is 36.8 Å². The number of ether oxygens (including phenoxy) is 4. The van der Waals surface area contributed by atoms with Crippen molar-refractivity contribution in [2.75, 3.05) is 20.4 Å². The van der Waals surface area contributed by atoms with Crippen molar-refractivity contribution in [2.24, 2.45) is 0 Å². The van der Waals surface area contributed by atoms with Gasteiger partial charge in [-0.1, -0.05) is 48.5 Å². The molecular weight excluding hydrogens is 500 g/mol. The van der Waals surface area contributed by atoms with Gasteiger partial charge in [-0.15, -0.1) is 0 Å². The molecule has 0 unspecified atom stereocenters. The summed E-state index contributed by atoms with van der Waals surface area (Å²) in [5.41, 5.74) is 5.07. The van der Waals surface area contributed by atoms with Crippen molar-refractivity contribution >= 4 is 17.8 Å². The molecular formula is C30H34N2O7. The monoisotopic (exact) mass is 534 g/mol. The molecule has 0 aliphatic heterocycles. The predicted octanol–water partition coefficient (Wildman–Crippen LogP) is 5.47. The van der Waals surface area contributed by atoms with Gasteiger partial charge >= 0.3 is 12.1 Å². The van der Waals surface area contributed by atoms with E-state index in [0.717, 1.165) is 22.3 Å². The maximum absolute atomic E-state index is 12.6. The number of carbonyl (C=O) groups excluding carboxylic acids is 3. The lowest BCUT2D eigenvalue weighted by Gasteiger charge is -2.23. The average Bonchev–Trinajstić information content (AvgIpc) is 2.92. The minimum absolute atomic E-state index is 0.0218. The van der Waals surface area contributed by atoms with Crippen molar-refractivity contribution in [3.63, 3.8) is 0 Å². The highest BCUT2D eigenvalue weighted by Gasteiger charge is 2.19. The third kappa shape index (κ3) is 8.84.